The summed E-state index contributed by atoms with van der Waals surface area (Å²) in [7, 11) is 2.24. The fourth-order valence-electron chi connectivity index (χ4n) is 3.30. The molecule has 2 saturated heterocycles. The minimum Gasteiger partial charge on any atom is -0.384 e. The van der Waals surface area contributed by atoms with Crippen LogP contribution in [-0.4, -0.2) is 84.2 Å². The molecule has 0 radical (unpaired) electrons. The third-order valence-corrected chi connectivity index (χ3v) is 4.74. The van der Waals surface area contributed by atoms with Crippen molar-refractivity contribution in [3.05, 3.63) is 0 Å². The van der Waals surface area contributed by atoms with Gasteiger partial charge in [-0.15, -0.1) is 0 Å². The number of piperazine rings is 1. The topological polar surface area (TPSA) is 47.0 Å². The van der Waals surface area contributed by atoms with Crippen molar-refractivity contribution in [2.75, 3.05) is 46.3 Å². The summed E-state index contributed by atoms with van der Waals surface area (Å²) in [4.78, 5) is 18.4. The second kappa shape index (κ2) is 7.38. The predicted molar refractivity (Wildman–Crippen MR) is 79.6 cm³/mol. The first-order valence-corrected chi connectivity index (χ1v) is 7.97. The highest BCUT2D eigenvalue weighted by molar-refractivity contribution is 5.80. The maximum atomic E-state index is 11.7. The summed E-state index contributed by atoms with van der Waals surface area (Å²) < 4.78 is 0. The van der Waals surface area contributed by atoms with E-state index in [4.69, 9.17) is 0 Å². The summed E-state index contributed by atoms with van der Waals surface area (Å²) in [6.45, 7) is 7.30. The van der Waals surface area contributed by atoms with Crippen LogP contribution < -0.4 is 0 Å². The standard InChI is InChI=1S/C15H29N3O2/c1-13(19)15(20)18-11-9-17(10-12-18)8-6-14-5-3-4-7-16(14)2/h13-14,19H,3-12H2,1-2H3/t13-,14+/m0/s1. The molecule has 2 rings (SSSR count). The summed E-state index contributed by atoms with van der Waals surface area (Å²) in [5.41, 5.74) is 0. The number of piperidine rings is 1. The Morgan fingerprint density at radius 2 is 1.90 bits per heavy atom. The van der Waals surface area contributed by atoms with E-state index >= 15 is 0 Å². The maximum Gasteiger partial charge on any atom is 0.251 e. The molecule has 116 valence electrons. The van der Waals surface area contributed by atoms with E-state index in [0.717, 1.165) is 38.8 Å². The summed E-state index contributed by atoms with van der Waals surface area (Å²) >= 11 is 0. The molecule has 1 N–H and O–H groups in total. The third kappa shape index (κ3) is 4.17. The molecule has 0 aromatic carbocycles. The molecule has 0 aromatic rings. The highest BCUT2D eigenvalue weighted by atomic mass is 16.3. The summed E-state index contributed by atoms with van der Waals surface area (Å²) in [6, 6.07) is 0.737. The lowest BCUT2D eigenvalue weighted by Gasteiger charge is -2.38. The number of aliphatic hydroxyl groups excluding tert-OH is 1. The zero-order valence-corrected chi connectivity index (χ0v) is 12.9. The Morgan fingerprint density at radius 1 is 1.20 bits per heavy atom. The summed E-state index contributed by atoms with van der Waals surface area (Å²) in [6.07, 6.45) is 4.41. The zero-order chi connectivity index (χ0) is 14.5. The lowest BCUT2D eigenvalue weighted by molar-refractivity contribution is -0.141. The van der Waals surface area contributed by atoms with Crippen LogP contribution in [0.3, 0.4) is 0 Å². The average molecular weight is 283 g/mol. The van der Waals surface area contributed by atoms with Crippen molar-refractivity contribution in [2.24, 2.45) is 0 Å². The molecule has 2 atom stereocenters. The van der Waals surface area contributed by atoms with E-state index in [1.54, 1.807) is 11.8 Å². The minimum atomic E-state index is -0.863. The van der Waals surface area contributed by atoms with Gasteiger partial charge in [0.15, 0.2) is 0 Å². The van der Waals surface area contributed by atoms with Gasteiger partial charge in [0.2, 0.25) is 0 Å². The van der Waals surface area contributed by atoms with Gasteiger partial charge in [0.05, 0.1) is 0 Å². The molecule has 0 aromatic heterocycles. The van der Waals surface area contributed by atoms with Gasteiger partial charge < -0.3 is 14.9 Å². The first-order valence-electron chi connectivity index (χ1n) is 7.97. The van der Waals surface area contributed by atoms with E-state index < -0.39 is 6.10 Å². The van der Waals surface area contributed by atoms with Crippen molar-refractivity contribution < 1.29 is 9.90 Å². The van der Waals surface area contributed by atoms with Gasteiger partial charge in [0.25, 0.3) is 5.91 Å². The highest BCUT2D eigenvalue weighted by Crippen LogP contribution is 2.18. The Kier molecular flexibility index (Phi) is 5.81. The number of rotatable bonds is 4. The molecule has 20 heavy (non-hydrogen) atoms. The summed E-state index contributed by atoms with van der Waals surface area (Å²) in [5.74, 6) is -0.128. The first kappa shape index (κ1) is 15.7. The van der Waals surface area contributed by atoms with Crippen LogP contribution in [0.15, 0.2) is 0 Å². The fraction of sp³-hybridized carbons (Fsp3) is 0.933. The predicted octanol–water partition coefficient (Wildman–Crippen LogP) is 0.386. The third-order valence-electron chi connectivity index (χ3n) is 4.74. The van der Waals surface area contributed by atoms with Crippen molar-refractivity contribution in [3.63, 3.8) is 0 Å². The smallest absolute Gasteiger partial charge is 0.251 e. The maximum absolute atomic E-state index is 11.7. The number of likely N-dealkylation sites (tertiary alicyclic amines) is 1. The van der Waals surface area contributed by atoms with Crippen LogP contribution in [-0.2, 0) is 4.79 Å². The second-order valence-corrected chi connectivity index (χ2v) is 6.26. The Labute approximate surface area is 122 Å². The van der Waals surface area contributed by atoms with E-state index in [1.165, 1.54) is 32.2 Å². The fourth-order valence-corrected chi connectivity index (χ4v) is 3.30. The van der Waals surface area contributed by atoms with Crippen LogP contribution in [0.4, 0.5) is 0 Å². The number of carbonyl (C=O) groups is 1. The molecule has 0 saturated carbocycles. The molecule has 1 amide bonds. The Morgan fingerprint density at radius 3 is 2.50 bits per heavy atom. The number of nitrogens with zero attached hydrogens (tertiary/aromatic N) is 3. The van der Waals surface area contributed by atoms with E-state index in [9.17, 15) is 9.90 Å². The quantitative estimate of drug-likeness (QED) is 0.810. The second-order valence-electron chi connectivity index (χ2n) is 6.26. The van der Waals surface area contributed by atoms with Gasteiger partial charge in [-0.2, -0.15) is 0 Å². The number of hydrogen-bond acceptors (Lipinski definition) is 4. The van der Waals surface area contributed by atoms with Crippen molar-refractivity contribution in [2.45, 2.75) is 44.8 Å². The molecular formula is C15H29N3O2. The van der Waals surface area contributed by atoms with E-state index in [1.807, 2.05) is 0 Å². The normalized spacial score (nSPS) is 27.6. The molecule has 0 bridgehead atoms. The average Bonchev–Trinajstić information content (AvgIpc) is 2.46. The van der Waals surface area contributed by atoms with Gasteiger partial charge in [0.1, 0.15) is 6.10 Å². The van der Waals surface area contributed by atoms with E-state index in [-0.39, 0.29) is 5.91 Å². The molecule has 2 heterocycles. The number of carbonyl (C=O) groups excluding carboxylic acids is 1. The van der Waals surface area contributed by atoms with Crippen molar-refractivity contribution >= 4 is 5.91 Å². The molecule has 0 aliphatic carbocycles. The van der Waals surface area contributed by atoms with Gasteiger partial charge in [-0.3, -0.25) is 9.69 Å². The van der Waals surface area contributed by atoms with Crippen LogP contribution in [0.25, 0.3) is 0 Å². The van der Waals surface area contributed by atoms with Gasteiger partial charge >= 0.3 is 0 Å². The van der Waals surface area contributed by atoms with Gasteiger partial charge in [-0.05, 0) is 46.3 Å². The first-order chi connectivity index (χ1) is 9.58. The summed E-state index contributed by atoms with van der Waals surface area (Å²) in [5, 5.41) is 9.33. The number of amides is 1. The molecular weight excluding hydrogens is 254 g/mol. The van der Waals surface area contributed by atoms with Crippen LogP contribution in [0.2, 0.25) is 0 Å². The van der Waals surface area contributed by atoms with Gasteiger partial charge in [-0.25, -0.2) is 0 Å². The molecule has 5 nitrogen and oxygen atoms in total. The Bertz CT molecular complexity index is 314. The van der Waals surface area contributed by atoms with Crippen molar-refractivity contribution in [3.8, 4) is 0 Å². The molecule has 0 unspecified atom stereocenters. The molecule has 2 aliphatic rings. The largest absolute Gasteiger partial charge is 0.384 e. The monoisotopic (exact) mass is 283 g/mol. The number of hydrogen-bond donors (Lipinski definition) is 1. The molecule has 2 fully saturated rings. The highest BCUT2D eigenvalue weighted by Gasteiger charge is 2.25. The Balaban J connectivity index is 1.68. The van der Waals surface area contributed by atoms with Crippen molar-refractivity contribution in [1.82, 2.24) is 14.7 Å². The molecule has 2 aliphatic heterocycles. The lowest BCUT2D eigenvalue weighted by Crippen LogP contribution is -2.51. The lowest BCUT2D eigenvalue weighted by atomic mass is 10.00. The zero-order valence-electron chi connectivity index (χ0n) is 12.9. The van der Waals surface area contributed by atoms with Crippen LogP contribution >= 0.6 is 0 Å². The van der Waals surface area contributed by atoms with E-state index in [0.29, 0.717) is 0 Å². The Hall–Kier alpha value is -0.650. The minimum absolute atomic E-state index is 0.128. The van der Waals surface area contributed by atoms with Gasteiger partial charge in [0, 0.05) is 32.2 Å². The molecule has 0 spiro atoms. The van der Waals surface area contributed by atoms with Gasteiger partial charge in [-0.1, -0.05) is 6.42 Å². The van der Waals surface area contributed by atoms with Crippen LogP contribution in [0.1, 0.15) is 32.6 Å². The van der Waals surface area contributed by atoms with Crippen molar-refractivity contribution in [1.29, 1.82) is 0 Å². The SMILES string of the molecule is C[C@H](O)C(=O)N1CCN(CC[C@H]2CCCCN2C)CC1. The van der Waals surface area contributed by atoms with Crippen LogP contribution in [0.5, 0.6) is 0 Å². The molecule has 5 heteroatoms. The van der Waals surface area contributed by atoms with E-state index in [2.05, 4.69) is 16.8 Å². The number of aliphatic hydroxyl groups is 1. The van der Waals surface area contributed by atoms with Crippen LogP contribution in [0, 0.1) is 0 Å².